The van der Waals surface area contributed by atoms with Gasteiger partial charge in [-0.1, -0.05) is 12.1 Å². The molecule has 0 aliphatic carbocycles. The number of hydrogen-bond acceptors (Lipinski definition) is 4. The third-order valence-corrected chi connectivity index (χ3v) is 2.88. The summed E-state index contributed by atoms with van der Waals surface area (Å²) in [4.78, 5) is 7.28. The summed E-state index contributed by atoms with van der Waals surface area (Å²) in [6.45, 7) is 1.87. The van der Waals surface area contributed by atoms with Crippen molar-refractivity contribution in [3.05, 3.63) is 48.0 Å². The molecule has 0 radical (unpaired) electrons. The lowest BCUT2D eigenvalue weighted by atomic mass is 10.2. The van der Waals surface area contributed by atoms with Gasteiger partial charge in [-0.05, 0) is 30.7 Å². The van der Waals surface area contributed by atoms with Crippen LogP contribution in [0.25, 0.3) is 0 Å². The van der Waals surface area contributed by atoms with E-state index in [0.29, 0.717) is 0 Å². The summed E-state index contributed by atoms with van der Waals surface area (Å²) >= 11 is 0. The number of aromatic amines is 1. The minimum Gasteiger partial charge on any atom is -0.479 e. The van der Waals surface area contributed by atoms with Crippen LogP contribution < -0.4 is 10.1 Å². The SMILES string of the molecule is N#CCOc1ccc(CNCCCc2ncc[nH]2)cc1. The first-order valence-electron chi connectivity index (χ1n) is 6.66. The summed E-state index contributed by atoms with van der Waals surface area (Å²) in [5, 5.41) is 11.8. The van der Waals surface area contributed by atoms with Crippen molar-refractivity contribution in [3.63, 3.8) is 0 Å². The maximum absolute atomic E-state index is 8.43. The molecule has 2 N–H and O–H groups in total. The number of ether oxygens (including phenoxy) is 1. The molecule has 104 valence electrons. The van der Waals surface area contributed by atoms with Gasteiger partial charge in [-0.3, -0.25) is 0 Å². The van der Waals surface area contributed by atoms with Gasteiger partial charge in [0.15, 0.2) is 6.61 Å². The van der Waals surface area contributed by atoms with Gasteiger partial charge in [0, 0.05) is 25.4 Å². The monoisotopic (exact) mass is 270 g/mol. The molecule has 5 nitrogen and oxygen atoms in total. The van der Waals surface area contributed by atoms with Crippen LogP contribution in [0.5, 0.6) is 5.75 Å². The first kappa shape index (κ1) is 14.1. The summed E-state index contributed by atoms with van der Waals surface area (Å²) in [5.41, 5.74) is 1.20. The van der Waals surface area contributed by atoms with Gasteiger partial charge < -0.3 is 15.0 Å². The largest absolute Gasteiger partial charge is 0.479 e. The average molecular weight is 270 g/mol. The lowest BCUT2D eigenvalue weighted by Gasteiger charge is -2.06. The topological polar surface area (TPSA) is 73.7 Å². The van der Waals surface area contributed by atoms with Crippen molar-refractivity contribution in [1.82, 2.24) is 15.3 Å². The summed E-state index contributed by atoms with van der Waals surface area (Å²) < 4.78 is 5.20. The van der Waals surface area contributed by atoms with Crippen molar-refractivity contribution in [1.29, 1.82) is 5.26 Å². The zero-order valence-corrected chi connectivity index (χ0v) is 11.3. The van der Waals surface area contributed by atoms with E-state index in [0.717, 1.165) is 37.5 Å². The van der Waals surface area contributed by atoms with Gasteiger partial charge in [-0.25, -0.2) is 4.98 Å². The molecule has 1 aromatic carbocycles. The molecule has 1 aromatic heterocycles. The van der Waals surface area contributed by atoms with Gasteiger partial charge >= 0.3 is 0 Å². The molecule has 0 aliphatic heterocycles. The molecule has 0 fully saturated rings. The minimum atomic E-state index is 0.0877. The van der Waals surface area contributed by atoms with Crippen molar-refractivity contribution in [2.24, 2.45) is 0 Å². The molecular weight excluding hydrogens is 252 g/mol. The van der Waals surface area contributed by atoms with Crippen LogP contribution in [0, 0.1) is 11.3 Å². The smallest absolute Gasteiger partial charge is 0.174 e. The quantitative estimate of drug-likeness (QED) is 0.720. The van der Waals surface area contributed by atoms with Gasteiger partial charge in [0.05, 0.1) is 0 Å². The Morgan fingerprint density at radius 2 is 2.15 bits per heavy atom. The molecule has 0 bridgehead atoms. The van der Waals surface area contributed by atoms with Gasteiger partial charge in [0.1, 0.15) is 17.6 Å². The first-order valence-corrected chi connectivity index (χ1v) is 6.66. The highest BCUT2D eigenvalue weighted by atomic mass is 16.5. The molecule has 0 atom stereocenters. The van der Waals surface area contributed by atoms with Crippen LogP contribution in [-0.4, -0.2) is 23.1 Å². The molecular formula is C15H18N4O. The van der Waals surface area contributed by atoms with E-state index < -0.39 is 0 Å². The Morgan fingerprint density at radius 1 is 1.30 bits per heavy atom. The molecule has 0 amide bonds. The number of hydrogen-bond donors (Lipinski definition) is 2. The summed E-state index contributed by atoms with van der Waals surface area (Å²) in [6.07, 6.45) is 5.63. The molecule has 0 aliphatic rings. The van der Waals surface area contributed by atoms with E-state index in [4.69, 9.17) is 10.00 Å². The molecule has 0 saturated heterocycles. The molecule has 2 rings (SSSR count). The Labute approximate surface area is 118 Å². The summed E-state index contributed by atoms with van der Waals surface area (Å²) in [7, 11) is 0. The van der Waals surface area contributed by atoms with Crippen LogP contribution in [0.1, 0.15) is 17.8 Å². The third kappa shape index (κ3) is 4.75. The predicted molar refractivity (Wildman–Crippen MR) is 76.2 cm³/mol. The Hall–Kier alpha value is -2.32. The maximum atomic E-state index is 8.43. The second-order valence-corrected chi connectivity index (χ2v) is 4.41. The van der Waals surface area contributed by atoms with Crippen molar-refractivity contribution in [2.75, 3.05) is 13.2 Å². The predicted octanol–water partition coefficient (Wildman–Crippen LogP) is 2.03. The van der Waals surface area contributed by atoms with Crippen molar-refractivity contribution >= 4 is 0 Å². The lowest BCUT2D eigenvalue weighted by Crippen LogP contribution is -2.15. The van der Waals surface area contributed by atoms with E-state index in [1.807, 2.05) is 36.5 Å². The molecule has 1 heterocycles. The van der Waals surface area contributed by atoms with E-state index in [2.05, 4.69) is 15.3 Å². The zero-order valence-electron chi connectivity index (χ0n) is 11.3. The normalized spacial score (nSPS) is 10.2. The number of benzene rings is 1. The minimum absolute atomic E-state index is 0.0877. The fourth-order valence-corrected chi connectivity index (χ4v) is 1.87. The molecule has 0 spiro atoms. The zero-order chi connectivity index (χ0) is 14.0. The number of imidazole rings is 1. The van der Waals surface area contributed by atoms with Crippen molar-refractivity contribution < 1.29 is 4.74 Å². The van der Waals surface area contributed by atoms with Crippen LogP contribution in [-0.2, 0) is 13.0 Å². The fourth-order valence-electron chi connectivity index (χ4n) is 1.87. The third-order valence-electron chi connectivity index (χ3n) is 2.88. The number of aryl methyl sites for hydroxylation is 1. The molecule has 0 saturated carbocycles. The Morgan fingerprint density at radius 3 is 2.85 bits per heavy atom. The van der Waals surface area contributed by atoms with E-state index in [-0.39, 0.29) is 6.61 Å². The fraction of sp³-hybridized carbons (Fsp3) is 0.333. The van der Waals surface area contributed by atoms with Crippen molar-refractivity contribution in [3.8, 4) is 11.8 Å². The Kier molecular flexibility index (Phi) is 5.62. The van der Waals surface area contributed by atoms with E-state index >= 15 is 0 Å². The summed E-state index contributed by atoms with van der Waals surface area (Å²) in [6, 6.07) is 9.73. The lowest BCUT2D eigenvalue weighted by molar-refractivity contribution is 0.368. The van der Waals surface area contributed by atoms with E-state index in [9.17, 15) is 0 Å². The summed E-state index contributed by atoms with van der Waals surface area (Å²) in [5.74, 6) is 1.76. The highest BCUT2D eigenvalue weighted by molar-refractivity contribution is 5.27. The van der Waals surface area contributed by atoms with Crippen LogP contribution >= 0.6 is 0 Å². The number of H-pyrrole nitrogens is 1. The maximum Gasteiger partial charge on any atom is 0.174 e. The first-order chi connectivity index (χ1) is 9.88. The van der Waals surface area contributed by atoms with Gasteiger partial charge in [-0.2, -0.15) is 5.26 Å². The van der Waals surface area contributed by atoms with E-state index in [1.54, 1.807) is 6.20 Å². The Balaban J connectivity index is 1.62. The van der Waals surface area contributed by atoms with Gasteiger partial charge in [-0.15, -0.1) is 0 Å². The molecule has 5 heteroatoms. The molecule has 0 unspecified atom stereocenters. The van der Waals surface area contributed by atoms with Gasteiger partial charge in [0.25, 0.3) is 0 Å². The molecule has 2 aromatic rings. The van der Waals surface area contributed by atoms with Crippen LogP contribution in [0.15, 0.2) is 36.7 Å². The van der Waals surface area contributed by atoms with Crippen LogP contribution in [0.2, 0.25) is 0 Å². The number of nitriles is 1. The van der Waals surface area contributed by atoms with Gasteiger partial charge in [0.2, 0.25) is 0 Å². The standard InChI is InChI=1S/C15H18N4O/c16-7-11-20-14-5-3-13(4-6-14)12-17-8-1-2-15-18-9-10-19-15/h3-6,9-10,17H,1-2,8,11-12H2,(H,18,19). The number of nitrogens with zero attached hydrogens (tertiary/aromatic N) is 2. The highest BCUT2D eigenvalue weighted by Crippen LogP contribution is 2.11. The van der Waals surface area contributed by atoms with E-state index in [1.165, 1.54) is 5.56 Å². The second kappa shape index (κ2) is 7.97. The molecule has 20 heavy (non-hydrogen) atoms. The second-order valence-electron chi connectivity index (χ2n) is 4.41. The average Bonchev–Trinajstić information content (AvgIpc) is 2.99. The number of aromatic nitrogens is 2. The number of nitrogens with one attached hydrogen (secondary N) is 2. The Bertz CT molecular complexity index is 528. The van der Waals surface area contributed by atoms with Crippen LogP contribution in [0.3, 0.4) is 0 Å². The van der Waals surface area contributed by atoms with Crippen molar-refractivity contribution in [2.45, 2.75) is 19.4 Å². The van der Waals surface area contributed by atoms with Crippen LogP contribution in [0.4, 0.5) is 0 Å². The highest BCUT2D eigenvalue weighted by Gasteiger charge is 1.97. The number of rotatable bonds is 8.